The molecular weight excluding hydrogens is 425 g/mol. The van der Waals surface area contributed by atoms with E-state index in [0.717, 1.165) is 0 Å². The van der Waals surface area contributed by atoms with Crippen LogP contribution < -0.4 is 10.1 Å². The molecule has 0 saturated heterocycles. The average Bonchev–Trinajstić information content (AvgIpc) is 3.15. The molecule has 1 amide bonds. The monoisotopic (exact) mass is 439 g/mol. The first kappa shape index (κ1) is 20.6. The van der Waals surface area contributed by atoms with Crippen molar-refractivity contribution in [1.29, 1.82) is 0 Å². The number of furan rings is 1. The molecule has 1 unspecified atom stereocenters. The number of aliphatic hydroxyl groups is 1. The third-order valence-electron chi connectivity index (χ3n) is 3.89. The second-order valence-corrected chi connectivity index (χ2v) is 7.19. The quantitative estimate of drug-likeness (QED) is 0.508. The molecule has 3 rings (SSSR count). The van der Waals surface area contributed by atoms with Gasteiger partial charge in [0.25, 0.3) is 5.91 Å². The molecule has 146 valence electrons. The van der Waals surface area contributed by atoms with Crippen molar-refractivity contribution in [3.8, 4) is 17.1 Å². The summed E-state index contributed by atoms with van der Waals surface area (Å²) in [5, 5.41) is 13.0. The first-order valence-corrected chi connectivity index (χ1v) is 9.43. The third kappa shape index (κ3) is 4.80. The van der Waals surface area contributed by atoms with Crippen molar-refractivity contribution in [2.45, 2.75) is 19.6 Å². The van der Waals surface area contributed by atoms with Crippen molar-refractivity contribution in [1.82, 2.24) is 0 Å². The van der Waals surface area contributed by atoms with Gasteiger partial charge >= 0.3 is 0 Å². The van der Waals surface area contributed by atoms with E-state index in [2.05, 4.69) is 5.32 Å². The van der Waals surface area contributed by atoms with Gasteiger partial charge in [0.2, 0.25) is 0 Å². The Bertz CT molecular complexity index is 1000. The number of benzene rings is 2. The van der Waals surface area contributed by atoms with Gasteiger partial charge in [-0.2, -0.15) is 0 Å². The zero-order chi connectivity index (χ0) is 20.3. The fourth-order valence-corrected chi connectivity index (χ4v) is 3.06. The van der Waals surface area contributed by atoms with Crippen LogP contribution in [-0.4, -0.2) is 17.1 Å². The number of nitrogens with one attached hydrogen (secondary N) is 1. The van der Waals surface area contributed by atoms with Crippen LogP contribution >= 0.6 is 34.8 Å². The van der Waals surface area contributed by atoms with Crippen molar-refractivity contribution < 1.29 is 19.1 Å². The molecule has 0 aliphatic heterocycles. The zero-order valence-electron chi connectivity index (χ0n) is 14.7. The molecule has 0 saturated carbocycles. The molecule has 2 N–H and O–H groups in total. The van der Waals surface area contributed by atoms with E-state index in [1.54, 1.807) is 49.4 Å². The molecule has 0 radical (unpaired) electrons. The maximum atomic E-state index is 12.5. The van der Waals surface area contributed by atoms with Gasteiger partial charge in [-0.3, -0.25) is 4.79 Å². The number of carbonyl (C=O) groups is 1. The Kier molecular flexibility index (Phi) is 6.52. The van der Waals surface area contributed by atoms with Gasteiger partial charge in [0.1, 0.15) is 23.9 Å². The minimum absolute atomic E-state index is 0.195. The van der Waals surface area contributed by atoms with E-state index in [1.165, 1.54) is 6.07 Å². The first-order valence-electron chi connectivity index (χ1n) is 8.29. The SMILES string of the molecule is CC(Oc1ccc(Cl)cc1Cl)C(=O)Nc1cc(-c2ccc(CO)o2)ccc1Cl. The molecule has 1 aromatic heterocycles. The number of rotatable bonds is 6. The first-order chi connectivity index (χ1) is 13.4. The van der Waals surface area contributed by atoms with Crippen LogP contribution in [0, 0.1) is 0 Å². The lowest BCUT2D eigenvalue weighted by atomic mass is 10.1. The second kappa shape index (κ2) is 8.88. The van der Waals surface area contributed by atoms with Crippen molar-refractivity contribution in [3.05, 3.63) is 69.4 Å². The predicted octanol–water partition coefficient (Wildman–Crippen LogP) is 5.81. The summed E-state index contributed by atoms with van der Waals surface area (Å²) in [6, 6.07) is 13.2. The lowest BCUT2D eigenvalue weighted by Crippen LogP contribution is -2.30. The molecule has 28 heavy (non-hydrogen) atoms. The number of anilines is 1. The second-order valence-electron chi connectivity index (χ2n) is 5.94. The number of hydrogen-bond donors (Lipinski definition) is 2. The van der Waals surface area contributed by atoms with E-state index in [-0.39, 0.29) is 6.61 Å². The molecule has 1 atom stereocenters. The molecule has 5 nitrogen and oxygen atoms in total. The molecule has 0 aliphatic carbocycles. The number of halogens is 3. The van der Waals surface area contributed by atoms with Gasteiger partial charge in [-0.25, -0.2) is 0 Å². The fourth-order valence-electron chi connectivity index (χ4n) is 2.44. The fraction of sp³-hybridized carbons (Fsp3) is 0.150. The van der Waals surface area contributed by atoms with E-state index in [1.807, 2.05) is 0 Å². The summed E-state index contributed by atoms with van der Waals surface area (Å²) >= 11 is 18.1. The van der Waals surface area contributed by atoms with Crippen molar-refractivity contribution >= 4 is 46.4 Å². The highest BCUT2D eigenvalue weighted by Crippen LogP contribution is 2.31. The molecular formula is C20H16Cl3NO4. The highest BCUT2D eigenvalue weighted by Gasteiger charge is 2.18. The normalized spacial score (nSPS) is 11.9. The van der Waals surface area contributed by atoms with Crippen molar-refractivity contribution in [3.63, 3.8) is 0 Å². The van der Waals surface area contributed by atoms with E-state index in [0.29, 0.717) is 43.6 Å². The van der Waals surface area contributed by atoms with Gasteiger partial charge < -0.3 is 19.6 Å². The van der Waals surface area contributed by atoms with Gasteiger partial charge in [0, 0.05) is 10.6 Å². The van der Waals surface area contributed by atoms with Gasteiger partial charge in [0.05, 0.1) is 15.7 Å². The van der Waals surface area contributed by atoms with Crippen LogP contribution in [0.25, 0.3) is 11.3 Å². The Labute approximate surface area is 176 Å². The minimum Gasteiger partial charge on any atom is -0.479 e. The van der Waals surface area contributed by atoms with Crippen LogP contribution in [0.15, 0.2) is 52.9 Å². The molecule has 1 heterocycles. The maximum absolute atomic E-state index is 12.5. The molecule has 2 aromatic carbocycles. The van der Waals surface area contributed by atoms with Gasteiger partial charge in [-0.05, 0) is 55.5 Å². The van der Waals surface area contributed by atoms with Crippen molar-refractivity contribution in [2.24, 2.45) is 0 Å². The summed E-state index contributed by atoms with van der Waals surface area (Å²) < 4.78 is 11.1. The Morgan fingerprint density at radius 1 is 1.11 bits per heavy atom. The molecule has 0 fully saturated rings. The highest BCUT2D eigenvalue weighted by molar-refractivity contribution is 6.35. The van der Waals surface area contributed by atoms with Crippen LogP contribution in [0.1, 0.15) is 12.7 Å². The molecule has 0 spiro atoms. The van der Waals surface area contributed by atoms with Crippen LogP contribution in [0.2, 0.25) is 15.1 Å². The number of ether oxygens (including phenoxy) is 1. The van der Waals surface area contributed by atoms with E-state index >= 15 is 0 Å². The number of aliphatic hydroxyl groups excluding tert-OH is 1. The van der Waals surface area contributed by atoms with Gasteiger partial charge in [-0.1, -0.05) is 34.8 Å². The van der Waals surface area contributed by atoms with Gasteiger partial charge in [-0.15, -0.1) is 0 Å². The maximum Gasteiger partial charge on any atom is 0.265 e. The van der Waals surface area contributed by atoms with E-state index in [9.17, 15) is 4.79 Å². The zero-order valence-corrected chi connectivity index (χ0v) is 17.0. The highest BCUT2D eigenvalue weighted by atomic mass is 35.5. The molecule has 0 bridgehead atoms. The Hall–Kier alpha value is -2.18. The Balaban J connectivity index is 1.74. The molecule has 0 aliphatic rings. The Morgan fingerprint density at radius 3 is 2.57 bits per heavy atom. The van der Waals surface area contributed by atoms with Crippen LogP contribution in [0.5, 0.6) is 5.75 Å². The predicted molar refractivity (Wildman–Crippen MR) is 110 cm³/mol. The average molecular weight is 441 g/mol. The van der Waals surface area contributed by atoms with Crippen LogP contribution in [0.4, 0.5) is 5.69 Å². The smallest absolute Gasteiger partial charge is 0.265 e. The standard InChI is InChI=1S/C20H16Cl3NO4/c1-11(27-19-6-3-13(21)9-16(19)23)20(26)24-17-8-12(2-5-15(17)22)18-7-4-14(10-25)28-18/h2-9,11,25H,10H2,1H3,(H,24,26). The molecule has 3 aromatic rings. The number of carbonyl (C=O) groups excluding carboxylic acids is 1. The lowest BCUT2D eigenvalue weighted by molar-refractivity contribution is -0.122. The number of amides is 1. The van der Waals surface area contributed by atoms with Crippen LogP contribution in [0.3, 0.4) is 0 Å². The third-order valence-corrected chi connectivity index (χ3v) is 4.75. The summed E-state index contributed by atoms with van der Waals surface area (Å²) in [6.45, 7) is 1.40. The minimum atomic E-state index is -0.831. The largest absolute Gasteiger partial charge is 0.479 e. The topological polar surface area (TPSA) is 71.7 Å². The van der Waals surface area contributed by atoms with E-state index in [4.69, 9.17) is 49.1 Å². The summed E-state index contributed by atoms with van der Waals surface area (Å²) in [6.07, 6.45) is -0.831. The van der Waals surface area contributed by atoms with E-state index < -0.39 is 12.0 Å². The summed E-state index contributed by atoms with van der Waals surface area (Å²) in [7, 11) is 0. The molecule has 8 heteroatoms. The Morgan fingerprint density at radius 2 is 1.89 bits per heavy atom. The number of hydrogen-bond acceptors (Lipinski definition) is 4. The van der Waals surface area contributed by atoms with Gasteiger partial charge in [0.15, 0.2) is 6.10 Å². The summed E-state index contributed by atoms with van der Waals surface area (Å²) in [4.78, 5) is 12.5. The summed E-state index contributed by atoms with van der Waals surface area (Å²) in [5.74, 6) is 0.937. The van der Waals surface area contributed by atoms with Crippen molar-refractivity contribution in [2.75, 3.05) is 5.32 Å². The van der Waals surface area contributed by atoms with Crippen LogP contribution in [-0.2, 0) is 11.4 Å². The summed E-state index contributed by atoms with van der Waals surface area (Å²) in [5.41, 5.74) is 1.11. The lowest BCUT2D eigenvalue weighted by Gasteiger charge is -2.16.